The molecule has 2 N–H and O–H groups in total. The van der Waals surface area contributed by atoms with Crippen LogP contribution in [0.1, 0.15) is 15.9 Å². The van der Waals surface area contributed by atoms with Crippen LogP contribution in [-0.4, -0.2) is 29.8 Å². The van der Waals surface area contributed by atoms with E-state index in [1.54, 1.807) is 24.3 Å². The van der Waals surface area contributed by atoms with Gasteiger partial charge in [-0.05, 0) is 42.0 Å². The van der Waals surface area contributed by atoms with Crippen molar-refractivity contribution in [3.63, 3.8) is 0 Å². The number of halogens is 2. The normalized spacial score (nSPS) is 10.6. The maximum atomic E-state index is 11.9. The molecule has 0 saturated carbocycles. The molecule has 6 nitrogen and oxygen atoms in total. The van der Waals surface area contributed by atoms with E-state index in [0.717, 1.165) is 0 Å². The van der Waals surface area contributed by atoms with Gasteiger partial charge in [0.05, 0.1) is 11.2 Å². The number of aliphatic carboxylic acids is 1. The summed E-state index contributed by atoms with van der Waals surface area (Å²) >= 11 is 11.8. The monoisotopic (exact) mass is 366 g/mol. The summed E-state index contributed by atoms with van der Waals surface area (Å²) in [5.74, 6) is -1.25. The number of carboxylic acids is 1. The molecule has 0 aromatic heterocycles. The van der Waals surface area contributed by atoms with Gasteiger partial charge in [0.2, 0.25) is 0 Å². The fraction of sp³-hybridized carbons (Fsp3) is 0.0625. The Morgan fingerprint density at radius 1 is 1.21 bits per heavy atom. The molecule has 0 fully saturated rings. The van der Waals surface area contributed by atoms with E-state index in [9.17, 15) is 9.59 Å². The van der Waals surface area contributed by atoms with Crippen LogP contribution in [0.5, 0.6) is 5.75 Å². The highest BCUT2D eigenvalue weighted by Gasteiger charge is 2.06. The first kappa shape index (κ1) is 17.8. The number of rotatable bonds is 6. The van der Waals surface area contributed by atoms with Crippen LogP contribution in [0.3, 0.4) is 0 Å². The van der Waals surface area contributed by atoms with E-state index in [1.807, 2.05) is 0 Å². The molecule has 2 aromatic carbocycles. The fourth-order valence-electron chi connectivity index (χ4n) is 1.71. The van der Waals surface area contributed by atoms with Gasteiger partial charge >= 0.3 is 5.97 Å². The van der Waals surface area contributed by atoms with Gasteiger partial charge < -0.3 is 9.84 Å². The number of nitrogens with one attached hydrogen (secondary N) is 1. The highest BCUT2D eigenvalue weighted by molar-refractivity contribution is 6.32. The van der Waals surface area contributed by atoms with Crippen molar-refractivity contribution < 1.29 is 19.4 Å². The molecule has 0 aliphatic carbocycles. The number of benzene rings is 2. The third-order valence-corrected chi connectivity index (χ3v) is 3.30. The van der Waals surface area contributed by atoms with Crippen LogP contribution in [-0.2, 0) is 4.79 Å². The van der Waals surface area contributed by atoms with Crippen LogP contribution in [0, 0.1) is 0 Å². The second kappa shape index (κ2) is 8.33. The molecule has 8 heteroatoms. The topological polar surface area (TPSA) is 88.0 Å². The number of hydrazone groups is 1. The van der Waals surface area contributed by atoms with E-state index in [-0.39, 0.29) is 10.8 Å². The maximum absolute atomic E-state index is 11.9. The second-order valence-electron chi connectivity index (χ2n) is 4.58. The predicted octanol–water partition coefficient (Wildman–Crippen LogP) is 3.22. The lowest BCUT2D eigenvalue weighted by Crippen LogP contribution is -2.17. The average Bonchev–Trinajstić information content (AvgIpc) is 2.53. The molecular weight excluding hydrogens is 355 g/mol. The molecule has 124 valence electrons. The van der Waals surface area contributed by atoms with E-state index in [0.29, 0.717) is 16.1 Å². The zero-order valence-corrected chi connectivity index (χ0v) is 13.7. The molecular formula is C16H12Cl2N2O4. The van der Waals surface area contributed by atoms with Gasteiger partial charge in [0.25, 0.3) is 5.91 Å². The average molecular weight is 367 g/mol. The molecule has 0 aliphatic rings. The van der Waals surface area contributed by atoms with Crippen LogP contribution >= 0.6 is 23.2 Å². The van der Waals surface area contributed by atoms with Crippen LogP contribution in [0.4, 0.5) is 0 Å². The van der Waals surface area contributed by atoms with Crippen molar-refractivity contribution in [3.8, 4) is 5.75 Å². The van der Waals surface area contributed by atoms with Gasteiger partial charge in [-0.3, -0.25) is 4.79 Å². The molecule has 0 bridgehead atoms. The molecule has 2 rings (SSSR count). The first-order valence-electron chi connectivity index (χ1n) is 6.69. The van der Waals surface area contributed by atoms with E-state index in [2.05, 4.69) is 10.5 Å². The molecule has 0 spiro atoms. The zero-order valence-electron chi connectivity index (χ0n) is 12.2. The minimum absolute atomic E-state index is 0.237. The molecule has 2 aromatic rings. The number of hydrogen-bond acceptors (Lipinski definition) is 4. The van der Waals surface area contributed by atoms with Crippen LogP contribution in [0.15, 0.2) is 47.6 Å². The Labute approximate surface area is 147 Å². The Kier molecular flexibility index (Phi) is 6.17. The number of hydrogen-bond donors (Lipinski definition) is 2. The predicted molar refractivity (Wildman–Crippen MR) is 91.1 cm³/mol. The number of carbonyl (C=O) groups excluding carboxylic acids is 1. The number of ether oxygens (including phenoxy) is 1. The summed E-state index contributed by atoms with van der Waals surface area (Å²) in [6.07, 6.45) is 1.40. The smallest absolute Gasteiger partial charge is 0.341 e. The largest absolute Gasteiger partial charge is 0.480 e. The summed E-state index contributed by atoms with van der Waals surface area (Å²) in [6.45, 7) is -0.483. The van der Waals surface area contributed by atoms with Crippen molar-refractivity contribution in [1.29, 1.82) is 0 Å². The van der Waals surface area contributed by atoms with Crippen molar-refractivity contribution in [2.45, 2.75) is 0 Å². The Hall–Kier alpha value is -2.57. The van der Waals surface area contributed by atoms with Crippen molar-refractivity contribution in [1.82, 2.24) is 5.43 Å². The van der Waals surface area contributed by atoms with Gasteiger partial charge in [-0.2, -0.15) is 5.10 Å². The highest BCUT2D eigenvalue weighted by Crippen LogP contribution is 2.24. The standard InChI is InChI=1S/C16H12Cl2N2O4/c17-12-3-1-2-11(7-12)16(23)20-19-8-10-4-5-14(13(18)6-10)24-9-15(21)22/h1-8H,9H2,(H,20,23)(H,21,22)/b19-8-. The number of carboxylic acid groups (broad SMARTS) is 1. The maximum Gasteiger partial charge on any atom is 0.341 e. The van der Waals surface area contributed by atoms with Gasteiger partial charge in [-0.1, -0.05) is 29.3 Å². The lowest BCUT2D eigenvalue weighted by atomic mass is 10.2. The first-order valence-corrected chi connectivity index (χ1v) is 7.44. The van der Waals surface area contributed by atoms with E-state index in [4.69, 9.17) is 33.0 Å². The van der Waals surface area contributed by atoms with Crippen molar-refractivity contribution in [2.75, 3.05) is 6.61 Å². The zero-order chi connectivity index (χ0) is 17.5. The Morgan fingerprint density at radius 2 is 2.00 bits per heavy atom. The summed E-state index contributed by atoms with van der Waals surface area (Å²) in [6, 6.07) is 11.1. The molecule has 1 amide bonds. The van der Waals surface area contributed by atoms with Crippen molar-refractivity contribution in [3.05, 3.63) is 63.6 Å². The lowest BCUT2D eigenvalue weighted by molar-refractivity contribution is -0.139. The van der Waals surface area contributed by atoms with Gasteiger partial charge in [0.1, 0.15) is 5.75 Å². The first-order chi connectivity index (χ1) is 11.5. The quantitative estimate of drug-likeness (QED) is 0.606. The minimum atomic E-state index is -1.10. The molecule has 0 aliphatic heterocycles. The van der Waals surface area contributed by atoms with E-state index < -0.39 is 18.5 Å². The van der Waals surface area contributed by atoms with Crippen molar-refractivity contribution in [2.24, 2.45) is 5.10 Å². The van der Waals surface area contributed by atoms with Gasteiger partial charge in [0, 0.05) is 10.6 Å². The molecule has 0 saturated heterocycles. The van der Waals surface area contributed by atoms with Crippen molar-refractivity contribution >= 4 is 41.3 Å². The second-order valence-corrected chi connectivity index (χ2v) is 5.43. The number of carbonyl (C=O) groups is 2. The summed E-state index contributed by atoms with van der Waals surface area (Å²) in [4.78, 5) is 22.3. The van der Waals surface area contributed by atoms with E-state index >= 15 is 0 Å². The van der Waals surface area contributed by atoms with Crippen LogP contribution in [0.25, 0.3) is 0 Å². The van der Waals surface area contributed by atoms with Gasteiger partial charge in [-0.15, -0.1) is 0 Å². The van der Waals surface area contributed by atoms with Gasteiger partial charge in [-0.25, -0.2) is 10.2 Å². The Balaban J connectivity index is 1.98. The summed E-state index contributed by atoms with van der Waals surface area (Å²) in [5.41, 5.74) is 3.36. The summed E-state index contributed by atoms with van der Waals surface area (Å²) in [7, 11) is 0. The lowest BCUT2D eigenvalue weighted by Gasteiger charge is -2.06. The molecule has 24 heavy (non-hydrogen) atoms. The van der Waals surface area contributed by atoms with Gasteiger partial charge in [0.15, 0.2) is 6.61 Å². The number of amides is 1. The Morgan fingerprint density at radius 3 is 2.67 bits per heavy atom. The third kappa shape index (κ3) is 5.26. The molecule has 0 heterocycles. The van der Waals surface area contributed by atoms with Crippen LogP contribution < -0.4 is 10.2 Å². The van der Waals surface area contributed by atoms with E-state index in [1.165, 1.54) is 24.4 Å². The molecule has 0 atom stereocenters. The Bertz CT molecular complexity index is 793. The molecule has 0 unspecified atom stereocenters. The molecule has 0 radical (unpaired) electrons. The van der Waals surface area contributed by atoms with Crippen LogP contribution in [0.2, 0.25) is 10.0 Å². The summed E-state index contributed by atoms with van der Waals surface area (Å²) in [5, 5.41) is 13.1. The summed E-state index contributed by atoms with van der Waals surface area (Å²) < 4.78 is 5.01. The highest BCUT2D eigenvalue weighted by atomic mass is 35.5. The SMILES string of the molecule is O=C(O)COc1ccc(/C=N\NC(=O)c2cccc(Cl)c2)cc1Cl. The minimum Gasteiger partial charge on any atom is -0.480 e. The third-order valence-electron chi connectivity index (χ3n) is 2.77. The number of nitrogens with zero attached hydrogens (tertiary/aromatic N) is 1. The fourth-order valence-corrected chi connectivity index (χ4v) is 2.15.